The number of aromatic nitrogens is 3. The molecule has 0 saturated heterocycles. The standard InChI is InChI=1S/C16H18N4S/c1-3-13-18-16-20(19-13)12-8-9-17-14(15(12)21-16)11-6-4-10(2)5-7-11/h4-7,14,17H,3,8-9H2,1-2H3. The molecule has 0 spiro atoms. The van der Waals surface area contributed by atoms with Gasteiger partial charge in [-0.1, -0.05) is 48.1 Å². The number of thiazole rings is 1. The van der Waals surface area contributed by atoms with Crippen molar-refractivity contribution in [1.82, 2.24) is 19.9 Å². The summed E-state index contributed by atoms with van der Waals surface area (Å²) in [6, 6.07) is 9.06. The van der Waals surface area contributed by atoms with Crippen LogP contribution in [-0.2, 0) is 12.8 Å². The van der Waals surface area contributed by atoms with Gasteiger partial charge in [0.1, 0.15) is 0 Å². The smallest absolute Gasteiger partial charge is 0.212 e. The van der Waals surface area contributed by atoms with Crippen LogP contribution in [0, 0.1) is 6.92 Å². The van der Waals surface area contributed by atoms with E-state index in [9.17, 15) is 0 Å². The fourth-order valence-electron chi connectivity index (χ4n) is 2.90. The molecule has 21 heavy (non-hydrogen) atoms. The zero-order valence-corrected chi connectivity index (χ0v) is 13.1. The van der Waals surface area contributed by atoms with Gasteiger partial charge in [-0.3, -0.25) is 0 Å². The van der Waals surface area contributed by atoms with Crippen LogP contribution in [-0.4, -0.2) is 21.1 Å². The lowest BCUT2D eigenvalue weighted by Gasteiger charge is -2.24. The molecule has 1 N–H and O–H groups in total. The minimum absolute atomic E-state index is 0.271. The number of benzene rings is 1. The van der Waals surface area contributed by atoms with Gasteiger partial charge in [0.05, 0.1) is 16.6 Å². The predicted molar refractivity (Wildman–Crippen MR) is 85.0 cm³/mol. The van der Waals surface area contributed by atoms with Gasteiger partial charge in [-0.15, -0.1) is 0 Å². The van der Waals surface area contributed by atoms with Crippen LogP contribution >= 0.6 is 11.3 Å². The Morgan fingerprint density at radius 1 is 1.33 bits per heavy atom. The second kappa shape index (κ2) is 4.93. The van der Waals surface area contributed by atoms with E-state index in [1.54, 1.807) is 11.3 Å². The molecule has 0 radical (unpaired) electrons. The van der Waals surface area contributed by atoms with Crippen molar-refractivity contribution in [1.29, 1.82) is 0 Å². The Bertz CT molecular complexity index is 785. The van der Waals surface area contributed by atoms with Gasteiger partial charge in [-0.25, -0.2) is 9.50 Å². The summed E-state index contributed by atoms with van der Waals surface area (Å²) in [5.74, 6) is 0.939. The number of nitrogens with zero attached hydrogens (tertiary/aromatic N) is 3. The van der Waals surface area contributed by atoms with E-state index < -0.39 is 0 Å². The highest BCUT2D eigenvalue weighted by atomic mass is 32.1. The molecule has 2 aromatic heterocycles. The third-order valence-corrected chi connectivity index (χ3v) is 5.20. The van der Waals surface area contributed by atoms with Crippen molar-refractivity contribution < 1.29 is 0 Å². The molecule has 3 heterocycles. The average Bonchev–Trinajstić information content (AvgIpc) is 3.05. The van der Waals surface area contributed by atoms with Gasteiger partial charge in [-0.2, -0.15) is 5.10 Å². The highest BCUT2D eigenvalue weighted by Crippen LogP contribution is 2.35. The molecule has 0 amide bonds. The van der Waals surface area contributed by atoms with Gasteiger partial charge >= 0.3 is 0 Å². The molecular formula is C16H18N4S. The lowest BCUT2D eigenvalue weighted by molar-refractivity contribution is 0.561. The van der Waals surface area contributed by atoms with Crippen LogP contribution in [0.2, 0.25) is 0 Å². The zero-order chi connectivity index (χ0) is 14.4. The molecule has 1 atom stereocenters. The Kier molecular flexibility index (Phi) is 3.05. The first-order valence-electron chi connectivity index (χ1n) is 7.43. The Labute approximate surface area is 127 Å². The molecule has 5 heteroatoms. The van der Waals surface area contributed by atoms with Crippen LogP contribution in [0.1, 0.15) is 40.5 Å². The Morgan fingerprint density at radius 3 is 2.90 bits per heavy atom. The fourth-order valence-corrected chi connectivity index (χ4v) is 4.13. The van der Waals surface area contributed by atoms with Crippen molar-refractivity contribution in [3.05, 3.63) is 51.8 Å². The van der Waals surface area contributed by atoms with E-state index in [1.807, 2.05) is 0 Å². The Hall–Kier alpha value is -1.72. The number of rotatable bonds is 2. The van der Waals surface area contributed by atoms with E-state index in [1.165, 1.54) is 21.7 Å². The molecule has 0 aliphatic carbocycles. The lowest BCUT2D eigenvalue weighted by Crippen LogP contribution is -2.30. The molecule has 1 unspecified atom stereocenters. The molecule has 108 valence electrons. The molecule has 4 nitrogen and oxygen atoms in total. The summed E-state index contributed by atoms with van der Waals surface area (Å²) >= 11 is 1.77. The van der Waals surface area contributed by atoms with E-state index in [-0.39, 0.29) is 6.04 Å². The van der Waals surface area contributed by atoms with Crippen LogP contribution in [0.5, 0.6) is 0 Å². The van der Waals surface area contributed by atoms with E-state index in [2.05, 4.69) is 58.0 Å². The summed E-state index contributed by atoms with van der Waals surface area (Å²) in [4.78, 5) is 7.01. The predicted octanol–water partition coefficient (Wildman–Crippen LogP) is 2.90. The summed E-state index contributed by atoms with van der Waals surface area (Å²) in [6.45, 7) is 5.21. The van der Waals surface area contributed by atoms with Gasteiger partial charge in [0.15, 0.2) is 5.82 Å². The number of aryl methyl sites for hydroxylation is 2. The van der Waals surface area contributed by atoms with E-state index >= 15 is 0 Å². The maximum atomic E-state index is 4.63. The highest BCUT2D eigenvalue weighted by molar-refractivity contribution is 7.17. The lowest BCUT2D eigenvalue weighted by atomic mass is 9.99. The third kappa shape index (κ3) is 2.08. The molecule has 1 aliphatic heterocycles. The van der Waals surface area contributed by atoms with E-state index in [0.717, 1.165) is 30.2 Å². The SMILES string of the molecule is CCc1nc2sc3c(n2n1)CCNC3c1ccc(C)cc1. The van der Waals surface area contributed by atoms with Crippen molar-refractivity contribution in [3.8, 4) is 0 Å². The first-order valence-corrected chi connectivity index (χ1v) is 8.25. The molecular weight excluding hydrogens is 280 g/mol. The second-order valence-electron chi connectivity index (χ2n) is 5.54. The quantitative estimate of drug-likeness (QED) is 0.791. The summed E-state index contributed by atoms with van der Waals surface area (Å²) in [6.07, 6.45) is 1.91. The van der Waals surface area contributed by atoms with Gasteiger partial charge in [0.25, 0.3) is 0 Å². The fraction of sp³-hybridized carbons (Fsp3) is 0.375. The molecule has 0 fully saturated rings. The number of hydrogen-bond acceptors (Lipinski definition) is 4. The maximum absolute atomic E-state index is 4.63. The van der Waals surface area contributed by atoms with Gasteiger partial charge in [0, 0.05) is 19.4 Å². The molecule has 1 aromatic carbocycles. The maximum Gasteiger partial charge on any atom is 0.212 e. The Morgan fingerprint density at radius 2 is 2.14 bits per heavy atom. The summed E-state index contributed by atoms with van der Waals surface area (Å²) < 4.78 is 2.06. The Balaban J connectivity index is 1.82. The largest absolute Gasteiger partial charge is 0.305 e. The van der Waals surface area contributed by atoms with Crippen molar-refractivity contribution in [2.24, 2.45) is 0 Å². The van der Waals surface area contributed by atoms with Gasteiger partial charge in [0.2, 0.25) is 4.96 Å². The van der Waals surface area contributed by atoms with Crippen molar-refractivity contribution >= 4 is 16.3 Å². The number of fused-ring (bicyclic) bond motifs is 3. The molecule has 3 aromatic rings. The average molecular weight is 298 g/mol. The third-order valence-electron chi connectivity index (χ3n) is 4.06. The molecule has 1 aliphatic rings. The van der Waals surface area contributed by atoms with Crippen molar-refractivity contribution in [2.75, 3.05) is 6.54 Å². The van der Waals surface area contributed by atoms with Crippen LogP contribution in [0.3, 0.4) is 0 Å². The minimum Gasteiger partial charge on any atom is -0.305 e. The summed E-state index contributed by atoms with van der Waals surface area (Å²) in [5.41, 5.74) is 3.94. The molecule has 0 saturated carbocycles. The second-order valence-corrected chi connectivity index (χ2v) is 6.55. The van der Waals surface area contributed by atoms with Crippen LogP contribution in [0.15, 0.2) is 24.3 Å². The van der Waals surface area contributed by atoms with Crippen molar-refractivity contribution in [3.63, 3.8) is 0 Å². The van der Waals surface area contributed by atoms with Crippen molar-refractivity contribution in [2.45, 2.75) is 32.7 Å². The number of nitrogens with one attached hydrogen (secondary N) is 1. The van der Waals surface area contributed by atoms with Crippen LogP contribution in [0.25, 0.3) is 4.96 Å². The monoisotopic (exact) mass is 298 g/mol. The summed E-state index contributed by atoms with van der Waals surface area (Å²) in [5, 5.41) is 8.27. The first kappa shape index (κ1) is 13.0. The van der Waals surface area contributed by atoms with Crippen LogP contribution < -0.4 is 5.32 Å². The number of hydrogen-bond donors (Lipinski definition) is 1. The van der Waals surface area contributed by atoms with Crippen LogP contribution in [0.4, 0.5) is 0 Å². The normalized spacial score (nSPS) is 18.1. The van der Waals surface area contributed by atoms with E-state index in [4.69, 9.17) is 0 Å². The topological polar surface area (TPSA) is 42.2 Å². The highest BCUT2D eigenvalue weighted by Gasteiger charge is 2.27. The summed E-state index contributed by atoms with van der Waals surface area (Å²) in [7, 11) is 0. The van der Waals surface area contributed by atoms with Gasteiger partial charge in [-0.05, 0) is 12.5 Å². The minimum atomic E-state index is 0.271. The van der Waals surface area contributed by atoms with E-state index in [0.29, 0.717) is 0 Å². The zero-order valence-electron chi connectivity index (χ0n) is 12.3. The first-order chi connectivity index (χ1) is 10.3. The van der Waals surface area contributed by atoms with Gasteiger partial charge < -0.3 is 5.32 Å². The molecule has 0 bridgehead atoms. The molecule has 4 rings (SSSR count).